The van der Waals surface area contributed by atoms with Gasteiger partial charge in [0.2, 0.25) is 15.9 Å². The summed E-state index contributed by atoms with van der Waals surface area (Å²) in [5, 5.41) is 0.947. The number of nitrogens with zero attached hydrogens (tertiary/aromatic N) is 4. The number of rotatable bonds is 6. The number of sulfonamides is 1. The Balaban J connectivity index is 1.32. The van der Waals surface area contributed by atoms with Crippen LogP contribution in [0.1, 0.15) is 56.5 Å². The Morgan fingerprint density at radius 1 is 0.914 bits per heavy atom. The summed E-state index contributed by atoms with van der Waals surface area (Å²) in [7, 11) is -3.49. The molecule has 1 saturated carbocycles. The minimum Gasteiger partial charge on any atom is -0.474 e. The Bertz CT molecular complexity index is 1270. The minimum atomic E-state index is -3.49. The van der Waals surface area contributed by atoms with E-state index in [-0.39, 0.29) is 12.1 Å². The quantitative estimate of drug-likeness (QED) is 0.494. The number of aryl methyl sites for hydroxylation is 1. The fourth-order valence-corrected chi connectivity index (χ4v) is 6.46. The molecule has 7 nitrogen and oxygen atoms in total. The number of benzene rings is 2. The first-order valence-corrected chi connectivity index (χ1v) is 14.1. The molecule has 0 bridgehead atoms. The SMILES string of the molecule is Cc1ccc(S(=O)(=O)N2CCN(C(C)c3nc(OC4CCCCC4)c4ccccc4n3)CC2)cc1. The lowest BCUT2D eigenvalue weighted by atomic mass is 9.98. The number of piperazine rings is 1. The standard InChI is InChI=1S/C27H34N4O3S/c1-20-12-14-23(15-13-20)35(32,33)31-18-16-30(17-19-31)21(2)26-28-25-11-7-6-10-24(25)27(29-26)34-22-8-4-3-5-9-22/h6-7,10-15,21-22H,3-5,8-9,16-19H2,1-2H3. The van der Waals surface area contributed by atoms with Crippen molar-refractivity contribution in [3.8, 4) is 5.88 Å². The molecule has 1 aliphatic heterocycles. The summed E-state index contributed by atoms with van der Waals surface area (Å²) in [6.07, 6.45) is 6.03. The van der Waals surface area contributed by atoms with Gasteiger partial charge in [-0.15, -0.1) is 0 Å². The number of fused-ring (bicyclic) bond motifs is 1. The van der Waals surface area contributed by atoms with Gasteiger partial charge in [-0.1, -0.05) is 36.2 Å². The Morgan fingerprint density at radius 2 is 1.60 bits per heavy atom. The lowest BCUT2D eigenvalue weighted by Crippen LogP contribution is -2.49. The molecule has 0 spiro atoms. The molecule has 0 radical (unpaired) electrons. The average Bonchev–Trinajstić information content (AvgIpc) is 2.89. The van der Waals surface area contributed by atoms with E-state index in [1.54, 1.807) is 16.4 Å². The summed E-state index contributed by atoms with van der Waals surface area (Å²) in [5.74, 6) is 1.40. The second-order valence-electron chi connectivity index (χ2n) is 9.71. The first-order chi connectivity index (χ1) is 16.9. The molecule has 0 amide bonds. The Kier molecular flexibility index (Phi) is 7.05. The maximum Gasteiger partial charge on any atom is 0.243 e. The largest absolute Gasteiger partial charge is 0.474 e. The van der Waals surface area contributed by atoms with E-state index in [0.717, 1.165) is 35.1 Å². The first kappa shape index (κ1) is 24.2. The minimum absolute atomic E-state index is 0.0439. The zero-order valence-corrected chi connectivity index (χ0v) is 21.4. The second-order valence-corrected chi connectivity index (χ2v) is 11.6. The van der Waals surface area contributed by atoms with Gasteiger partial charge in [0, 0.05) is 26.2 Å². The van der Waals surface area contributed by atoms with Crippen LogP contribution in [0.15, 0.2) is 53.4 Å². The summed E-state index contributed by atoms with van der Waals surface area (Å²) in [6.45, 7) is 6.19. The molecule has 1 unspecified atom stereocenters. The van der Waals surface area contributed by atoms with Gasteiger partial charge in [0.15, 0.2) is 0 Å². The third kappa shape index (κ3) is 5.20. The van der Waals surface area contributed by atoms with Crippen molar-refractivity contribution < 1.29 is 13.2 Å². The highest BCUT2D eigenvalue weighted by Crippen LogP contribution is 2.30. The number of ether oxygens (including phenoxy) is 1. The van der Waals surface area contributed by atoms with Crippen LogP contribution in [-0.2, 0) is 10.0 Å². The van der Waals surface area contributed by atoms with E-state index in [1.807, 2.05) is 43.3 Å². The highest BCUT2D eigenvalue weighted by molar-refractivity contribution is 7.89. The molecule has 2 heterocycles. The third-order valence-electron chi connectivity index (χ3n) is 7.27. The normalized spacial score (nSPS) is 19.6. The molecular weight excluding hydrogens is 460 g/mol. The summed E-state index contributed by atoms with van der Waals surface area (Å²) in [5.41, 5.74) is 1.93. The third-order valence-corrected chi connectivity index (χ3v) is 9.18. The molecule has 1 atom stereocenters. The maximum atomic E-state index is 13.1. The second kappa shape index (κ2) is 10.2. The fourth-order valence-electron chi connectivity index (χ4n) is 5.04. The summed E-state index contributed by atoms with van der Waals surface area (Å²) in [4.78, 5) is 12.4. The Morgan fingerprint density at radius 3 is 2.31 bits per heavy atom. The summed E-state index contributed by atoms with van der Waals surface area (Å²) < 4.78 is 34.2. The Hall–Kier alpha value is -2.55. The number of aromatic nitrogens is 2. The van der Waals surface area contributed by atoms with E-state index in [9.17, 15) is 8.42 Å². The van der Waals surface area contributed by atoms with Gasteiger partial charge in [-0.25, -0.2) is 13.4 Å². The molecule has 8 heteroatoms. The van der Waals surface area contributed by atoms with Crippen LogP contribution in [0.5, 0.6) is 5.88 Å². The first-order valence-electron chi connectivity index (χ1n) is 12.7. The van der Waals surface area contributed by atoms with Crippen molar-refractivity contribution in [2.75, 3.05) is 26.2 Å². The molecule has 186 valence electrons. The van der Waals surface area contributed by atoms with E-state index < -0.39 is 10.0 Å². The van der Waals surface area contributed by atoms with Crippen molar-refractivity contribution >= 4 is 20.9 Å². The molecular formula is C27H34N4O3S. The lowest BCUT2D eigenvalue weighted by molar-refractivity contribution is 0.135. The van der Waals surface area contributed by atoms with E-state index in [0.29, 0.717) is 37.0 Å². The van der Waals surface area contributed by atoms with Crippen molar-refractivity contribution in [1.29, 1.82) is 0 Å². The van der Waals surface area contributed by atoms with Gasteiger partial charge in [-0.05, 0) is 63.8 Å². The zero-order chi connectivity index (χ0) is 24.4. The van der Waals surface area contributed by atoms with Crippen LogP contribution < -0.4 is 4.74 Å². The van der Waals surface area contributed by atoms with Crippen LogP contribution in [0.25, 0.3) is 10.9 Å². The van der Waals surface area contributed by atoms with E-state index in [1.165, 1.54) is 19.3 Å². The summed E-state index contributed by atoms with van der Waals surface area (Å²) >= 11 is 0. The lowest BCUT2D eigenvalue weighted by Gasteiger charge is -2.37. The van der Waals surface area contributed by atoms with Gasteiger partial charge >= 0.3 is 0 Å². The van der Waals surface area contributed by atoms with Crippen molar-refractivity contribution in [3.05, 3.63) is 59.9 Å². The van der Waals surface area contributed by atoms with E-state index in [2.05, 4.69) is 11.8 Å². The average molecular weight is 495 g/mol. The summed E-state index contributed by atoms with van der Waals surface area (Å²) in [6, 6.07) is 15.0. The number of hydrogen-bond donors (Lipinski definition) is 0. The smallest absolute Gasteiger partial charge is 0.243 e. The fraction of sp³-hybridized carbons (Fsp3) is 0.481. The molecule has 35 heavy (non-hydrogen) atoms. The molecule has 2 aliphatic rings. The van der Waals surface area contributed by atoms with Gasteiger partial charge in [0.05, 0.1) is 21.8 Å². The highest BCUT2D eigenvalue weighted by Gasteiger charge is 2.31. The molecule has 0 N–H and O–H groups in total. The molecule has 1 aliphatic carbocycles. The van der Waals surface area contributed by atoms with Crippen molar-refractivity contribution in [1.82, 2.24) is 19.2 Å². The zero-order valence-electron chi connectivity index (χ0n) is 20.6. The molecule has 1 saturated heterocycles. The molecule has 1 aromatic heterocycles. The van der Waals surface area contributed by atoms with Crippen LogP contribution in [0.3, 0.4) is 0 Å². The van der Waals surface area contributed by atoms with Gasteiger partial charge in [0.25, 0.3) is 0 Å². The monoisotopic (exact) mass is 494 g/mol. The molecule has 3 aromatic rings. The topological polar surface area (TPSA) is 75.6 Å². The van der Waals surface area contributed by atoms with Crippen molar-refractivity contribution in [2.45, 2.75) is 63.0 Å². The Labute approximate surface area is 208 Å². The van der Waals surface area contributed by atoms with Crippen LogP contribution >= 0.6 is 0 Å². The van der Waals surface area contributed by atoms with E-state index >= 15 is 0 Å². The van der Waals surface area contributed by atoms with Crippen LogP contribution in [0.2, 0.25) is 0 Å². The number of hydrogen-bond acceptors (Lipinski definition) is 6. The van der Waals surface area contributed by atoms with Gasteiger partial charge in [-0.3, -0.25) is 4.90 Å². The van der Waals surface area contributed by atoms with Gasteiger partial charge in [0.1, 0.15) is 11.9 Å². The van der Waals surface area contributed by atoms with Gasteiger partial charge < -0.3 is 4.74 Å². The molecule has 5 rings (SSSR count). The van der Waals surface area contributed by atoms with Crippen LogP contribution in [-0.4, -0.2) is 59.9 Å². The number of para-hydroxylation sites is 1. The highest BCUT2D eigenvalue weighted by atomic mass is 32.2. The van der Waals surface area contributed by atoms with Crippen molar-refractivity contribution in [3.63, 3.8) is 0 Å². The maximum absolute atomic E-state index is 13.1. The van der Waals surface area contributed by atoms with Crippen molar-refractivity contribution in [2.24, 2.45) is 0 Å². The predicted octanol–water partition coefficient (Wildman–Crippen LogP) is 4.72. The molecule has 2 aromatic carbocycles. The van der Waals surface area contributed by atoms with Crippen LogP contribution in [0.4, 0.5) is 0 Å². The van der Waals surface area contributed by atoms with E-state index in [4.69, 9.17) is 14.7 Å². The van der Waals surface area contributed by atoms with Gasteiger partial charge in [-0.2, -0.15) is 9.29 Å². The molecule has 2 fully saturated rings. The predicted molar refractivity (Wildman–Crippen MR) is 137 cm³/mol. The van der Waals surface area contributed by atoms with Crippen LogP contribution in [0, 0.1) is 6.92 Å².